The second-order valence-corrected chi connectivity index (χ2v) is 12.3. The number of nitro groups is 1. The number of ether oxygens (including phenoxy) is 1. The molecule has 0 bridgehead atoms. The van der Waals surface area contributed by atoms with Crippen molar-refractivity contribution in [3.63, 3.8) is 0 Å². The zero-order valence-corrected chi connectivity index (χ0v) is 24.4. The second kappa shape index (κ2) is 10.5. The van der Waals surface area contributed by atoms with Gasteiger partial charge in [-0.2, -0.15) is 0 Å². The molecule has 0 saturated heterocycles. The van der Waals surface area contributed by atoms with E-state index in [4.69, 9.17) is 4.74 Å². The average Bonchev–Trinajstić information content (AvgIpc) is 3.39. The number of thiazole rings is 1. The number of benzene rings is 3. The zero-order chi connectivity index (χ0) is 29.8. The summed E-state index contributed by atoms with van der Waals surface area (Å²) >= 11 is 1.20. The van der Waals surface area contributed by atoms with Crippen LogP contribution in [-0.2, 0) is 6.42 Å². The number of aromatic nitrogens is 1. The zero-order valence-electron chi connectivity index (χ0n) is 23.5. The molecule has 9 nitrogen and oxygen atoms in total. The van der Waals surface area contributed by atoms with Crippen LogP contribution in [0.1, 0.15) is 48.0 Å². The van der Waals surface area contributed by atoms with Gasteiger partial charge in [-0.3, -0.25) is 19.3 Å². The Morgan fingerprint density at radius 3 is 2.53 bits per heavy atom. The number of carbonyl (C=O) groups is 1. The topological polar surface area (TPSA) is 114 Å². The summed E-state index contributed by atoms with van der Waals surface area (Å²) in [4.78, 5) is 40.9. The van der Waals surface area contributed by atoms with Crippen LogP contribution in [-0.4, -0.2) is 40.1 Å². The minimum atomic E-state index is -1.32. The van der Waals surface area contributed by atoms with Gasteiger partial charge in [0.15, 0.2) is 0 Å². The van der Waals surface area contributed by atoms with Crippen molar-refractivity contribution in [2.24, 2.45) is 0 Å². The van der Waals surface area contributed by atoms with Gasteiger partial charge in [0.1, 0.15) is 21.8 Å². The summed E-state index contributed by atoms with van der Waals surface area (Å²) in [5, 5.41) is 23.0. The van der Waals surface area contributed by atoms with E-state index in [1.807, 2.05) is 48.5 Å². The standard InChI is InChI=1S/C33H29N3O6S/c1-42-23-12-10-19(11-13-23)14-22-15-20-6-2-3-7-21(20)18-34(22)27-16-24-26(17-28(27)36(40)41)35-25-8-4-5-9-29(25)43-32(35)30(31(24)37)33(38)39/h4-5,8-13,16-17,22H,2-3,6-7,14-15,18H2,1H3,(H,38,39). The Hall–Kier alpha value is -4.70. The smallest absolute Gasteiger partial charge is 0.342 e. The molecule has 3 heterocycles. The van der Waals surface area contributed by atoms with Crippen molar-refractivity contribution in [3.05, 3.63) is 103 Å². The first-order valence-electron chi connectivity index (χ1n) is 14.3. The number of carboxylic acid groups (broad SMARTS) is 1. The monoisotopic (exact) mass is 595 g/mol. The van der Waals surface area contributed by atoms with E-state index in [9.17, 15) is 24.8 Å². The quantitative estimate of drug-likeness (QED) is 0.128. The fourth-order valence-electron chi connectivity index (χ4n) is 6.81. The highest BCUT2D eigenvalue weighted by Crippen LogP contribution is 2.42. The van der Waals surface area contributed by atoms with Crippen molar-refractivity contribution in [2.45, 2.75) is 44.6 Å². The number of rotatable bonds is 6. The van der Waals surface area contributed by atoms with E-state index in [0.29, 0.717) is 29.7 Å². The molecule has 10 heteroatoms. The summed E-state index contributed by atoms with van der Waals surface area (Å²) in [5.74, 6) is -0.558. The maximum Gasteiger partial charge on any atom is 0.342 e. The number of fused-ring (bicyclic) bond motifs is 5. The van der Waals surface area contributed by atoms with E-state index in [1.165, 1.54) is 28.5 Å². The molecule has 3 aromatic carbocycles. The summed E-state index contributed by atoms with van der Waals surface area (Å²) in [7, 11) is 1.62. The van der Waals surface area contributed by atoms with Crippen molar-refractivity contribution in [1.82, 2.24) is 4.40 Å². The predicted molar refractivity (Wildman–Crippen MR) is 168 cm³/mol. The average molecular weight is 596 g/mol. The fourth-order valence-corrected chi connectivity index (χ4v) is 8.00. The molecule has 1 aliphatic heterocycles. The van der Waals surface area contributed by atoms with Gasteiger partial charge in [0.25, 0.3) is 5.69 Å². The molecule has 0 fully saturated rings. The predicted octanol–water partition coefficient (Wildman–Crippen LogP) is 6.97. The van der Waals surface area contributed by atoms with Crippen molar-refractivity contribution < 1.29 is 19.6 Å². The Labute approximate surface area is 250 Å². The lowest BCUT2D eigenvalue weighted by molar-refractivity contribution is -0.384. The molecule has 0 radical (unpaired) electrons. The van der Waals surface area contributed by atoms with Gasteiger partial charge in [0.2, 0.25) is 5.43 Å². The first kappa shape index (κ1) is 27.2. The third kappa shape index (κ3) is 4.53. The van der Waals surface area contributed by atoms with E-state index in [1.54, 1.807) is 17.6 Å². The maximum absolute atomic E-state index is 13.8. The van der Waals surface area contributed by atoms with Gasteiger partial charge in [-0.05, 0) is 74.4 Å². The van der Waals surface area contributed by atoms with E-state index in [2.05, 4.69) is 4.90 Å². The van der Waals surface area contributed by atoms with Crippen LogP contribution in [0.3, 0.4) is 0 Å². The number of methoxy groups -OCH3 is 1. The number of para-hydroxylation sites is 1. The highest BCUT2D eigenvalue weighted by molar-refractivity contribution is 7.24. The van der Waals surface area contributed by atoms with Gasteiger partial charge in [0.05, 0.1) is 27.8 Å². The highest BCUT2D eigenvalue weighted by Gasteiger charge is 2.34. The van der Waals surface area contributed by atoms with Crippen molar-refractivity contribution in [2.75, 3.05) is 18.6 Å². The number of carboxylic acids is 1. The Morgan fingerprint density at radius 1 is 1.07 bits per heavy atom. The molecule has 1 unspecified atom stereocenters. The summed E-state index contributed by atoms with van der Waals surface area (Å²) in [5.41, 5.74) is 4.16. The second-order valence-electron chi connectivity index (χ2n) is 11.3. The normalized spacial score (nSPS) is 17.0. The van der Waals surface area contributed by atoms with E-state index < -0.39 is 11.4 Å². The molecule has 0 saturated carbocycles. The van der Waals surface area contributed by atoms with Crippen molar-refractivity contribution >= 4 is 54.6 Å². The lowest BCUT2D eigenvalue weighted by Gasteiger charge is -2.41. The highest BCUT2D eigenvalue weighted by atomic mass is 32.1. The van der Waals surface area contributed by atoms with Gasteiger partial charge in [-0.15, -0.1) is 11.3 Å². The van der Waals surface area contributed by atoms with Gasteiger partial charge >= 0.3 is 5.97 Å². The Morgan fingerprint density at radius 2 is 1.81 bits per heavy atom. The Bertz CT molecular complexity index is 2040. The van der Waals surface area contributed by atoms with Crippen molar-refractivity contribution in [1.29, 1.82) is 0 Å². The molecule has 2 aliphatic rings. The first-order chi connectivity index (χ1) is 20.8. The van der Waals surface area contributed by atoms with E-state index in [0.717, 1.165) is 48.1 Å². The number of nitro benzene ring substituents is 1. The molecular formula is C33H29N3O6S. The number of pyridine rings is 1. The van der Waals surface area contributed by atoms with Gasteiger partial charge < -0.3 is 14.7 Å². The van der Waals surface area contributed by atoms with Crippen LogP contribution < -0.4 is 15.1 Å². The number of anilines is 1. The molecule has 5 aromatic rings. The SMILES string of the molecule is COc1ccc(CC2CC3=C(CCCC3)CN2c2cc3c(=O)c(C(=O)O)c4sc5ccccc5n4c3cc2[N+](=O)[O-])cc1. The van der Waals surface area contributed by atoms with Crippen molar-refractivity contribution in [3.8, 4) is 5.75 Å². The Balaban J connectivity index is 1.47. The summed E-state index contributed by atoms with van der Waals surface area (Å²) in [6.07, 6.45) is 5.66. The molecule has 0 spiro atoms. The molecule has 7 rings (SSSR count). The minimum Gasteiger partial charge on any atom is -0.497 e. The largest absolute Gasteiger partial charge is 0.497 e. The Kier molecular flexibility index (Phi) is 6.65. The van der Waals surface area contributed by atoms with E-state index >= 15 is 0 Å². The third-order valence-corrected chi connectivity index (χ3v) is 10.0. The van der Waals surface area contributed by atoms with Crippen LogP contribution in [0.4, 0.5) is 11.4 Å². The number of hydrogen-bond donors (Lipinski definition) is 1. The third-order valence-electron chi connectivity index (χ3n) is 8.88. The summed E-state index contributed by atoms with van der Waals surface area (Å²) in [6, 6.07) is 18.2. The molecule has 1 atom stereocenters. The first-order valence-corrected chi connectivity index (χ1v) is 15.2. The van der Waals surface area contributed by atoms with Crippen LogP contribution in [0.5, 0.6) is 5.75 Å². The van der Waals surface area contributed by atoms with Crippen LogP contribution >= 0.6 is 11.3 Å². The van der Waals surface area contributed by atoms with Crippen LogP contribution in [0.15, 0.2) is 76.6 Å². The fraction of sp³-hybridized carbons (Fsp3) is 0.273. The van der Waals surface area contributed by atoms with Gasteiger partial charge in [-0.1, -0.05) is 35.4 Å². The number of hydrogen-bond acceptors (Lipinski definition) is 7. The number of aromatic carboxylic acids is 1. The molecular weight excluding hydrogens is 566 g/mol. The number of nitrogens with zero attached hydrogens (tertiary/aromatic N) is 3. The molecule has 2 aromatic heterocycles. The molecule has 43 heavy (non-hydrogen) atoms. The van der Waals surface area contributed by atoms with Crippen LogP contribution in [0.25, 0.3) is 25.9 Å². The van der Waals surface area contributed by atoms with Crippen LogP contribution in [0, 0.1) is 10.1 Å². The maximum atomic E-state index is 13.8. The molecule has 1 N–H and O–H groups in total. The summed E-state index contributed by atoms with van der Waals surface area (Å²) < 4.78 is 7.80. The van der Waals surface area contributed by atoms with Gasteiger partial charge in [-0.25, -0.2) is 4.79 Å². The summed E-state index contributed by atoms with van der Waals surface area (Å²) in [6.45, 7) is 0.541. The van der Waals surface area contributed by atoms with Crippen LogP contribution in [0.2, 0.25) is 0 Å². The van der Waals surface area contributed by atoms with E-state index in [-0.39, 0.29) is 32.4 Å². The van der Waals surface area contributed by atoms with Gasteiger partial charge in [0, 0.05) is 24.0 Å². The molecule has 1 aliphatic carbocycles. The molecule has 218 valence electrons. The minimum absolute atomic E-state index is 0.0752. The lowest BCUT2D eigenvalue weighted by Crippen LogP contribution is -2.43. The lowest BCUT2D eigenvalue weighted by atomic mass is 9.82. The molecule has 0 amide bonds.